The van der Waals surface area contributed by atoms with E-state index < -0.39 is 5.97 Å². The molecule has 1 N–H and O–H groups in total. The van der Waals surface area contributed by atoms with E-state index in [9.17, 15) is 4.79 Å². The van der Waals surface area contributed by atoms with E-state index in [1.54, 1.807) is 0 Å². The molecule has 0 atom stereocenters. The van der Waals surface area contributed by atoms with Crippen LogP contribution in [0.3, 0.4) is 0 Å². The minimum Gasteiger partial charge on any atom is -0.463 e. The average molecular weight is 216 g/mol. The maximum Gasteiger partial charge on any atom is 0.374 e. The van der Waals surface area contributed by atoms with Gasteiger partial charge in [0.2, 0.25) is 5.82 Å². The molecule has 4 heteroatoms. The van der Waals surface area contributed by atoms with Crippen LogP contribution in [-0.2, 0) is 4.74 Å². The molecule has 0 unspecified atom stereocenters. The number of imidazole rings is 1. The van der Waals surface area contributed by atoms with Gasteiger partial charge in [-0.25, -0.2) is 9.78 Å². The Kier molecular flexibility index (Phi) is 1.96. The minimum atomic E-state index is -0.419. The molecule has 1 aliphatic rings. The lowest BCUT2D eigenvalue weighted by Crippen LogP contribution is -2.02. The van der Waals surface area contributed by atoms with Crippen LogP contribution in [0.2, 0.25) is 0 Å². The highest BCUT2D eigenvalue weighted by molar-refractivity contribution is 5.91. The quantitative estimate of drug-likeness (QED) is 0.783. The molecular weight excluding hydrogens is 204 g/mol. The van der Waals surface area contributed by atoms with Crippen molar-refractivity contribution < 1.29 is 9.53 Å². The second kappa shape index (κ2) is 3.33. The van der Waals surface area contributed by atoms with E-state index in [0.29, 0.717) is 5.92 Å². The Morgan fingerprint density at radius 3 is 3.00 bits per heavy atom. The van der Waals surface area contributed by atoms with Gasteiger partial charge in [-0.2, -0.15) is 0 Å². The largest absolute Gasteiger partial charge is 0.463 e. The van der Waals surface area contributed by atoms with Crippen molar-refractivity contribution in [3.63, 3.8) is 0 Å². The second-order valence-electron chi connectivity index (χ2n) is 4.09. The highest BCUT2D eigenvalue weighted by Gasteiger charge is 2.26. The number of hydrogen-bond donors (Lipinski definition) is 1. The summed E-state index contributed by atoms with van der Waals surface area (Å²) in [5.74, 6) is 0.487. The SMILES string of the molecule is COC(=O)c1nc2c(C3CC3)cccc2[nH]1. The molecular formula is C12H12N2O2. The first kappa shape index (κ1) is 9.39. The number of ether oxygens (including phenoxy) is 1. The zero-order valence-electron chi connectivity index (χ0n) is 8.99. The standard InChI is InChI=1S/C12H12N2O2/c1-16-12(15)11-13-9-4-2-3-8(7-5-6-7)10(9)14-11/h2-4,7H,5-6H2,1H3,(H,13,14). The van der Waals surface area contributed by atoms with E-state index in [0.717, 1.165) is 11.0 Å². The Hall–Kier alpha value is -1.84. The maximum atomic E-state index is 11.4. The van der Waals surface area contributed by atoms with Crippen LogP contribution in [-0.4, -0.2) is 23.0 Å². The number of esters is 1. The van der Waals surface area contributed by atoms with Gasteiger partial charge in [0.25, 0.3) is 0 Å². The molecule has 1 aromatic heterocycles. The highest BCUT2D eigenvalue weighted by Crippen LogP contribution is 2.42. The van der Waals surface area contributed by atoms with E-state index in [1.165, 1.54) is 25.5 Å². The van der Waals surface area contributed by atoms with Crippen LogP contribution in [0.25, 0.3) is 11.0 Å². The molecule has 0 radical (unpaired) electrons. The van der Waals surface area contributed by atoms with Crippen LogP contribution in [0.5, 0.6) is 0 Å². The van der Waals surface area contributed by atoms with E-state index >= 15 is 0 Å². The summed E-state index contributed by atoms with van der Waals surface area (Å²) in [6.07, 6.45) is 2.44. The summed E-state index contributed by atoms with van der Waals surface area (Å²) >= 11 is 0. The Morgan fingerprint density at radius 2 is 2.31 bits per heavy atom. The average Bonchev–Trinajstić information content (AvgIpc) is 3.05. The lowest BCUT2D eigenvalue weighted by Gasteiger charge is -1.97. The number of nitrogens with zero attached hydrogens (tertiary/aromatic N) is 1. The Labute approximate surface area is 92.6 Å². The topological polar surface area (TPSA) is 55.0 Å². The van der Waals surface area contributed by atoms with E-state index in [4.69, 9.17) is 0 Å². The van der Waals surface area contributed by atoms with Crippen molar-refractivity contribution in [2.45, 2.75) is 18.8 Å². The summed E-state index contributed by atoms with van der Waals surface area (Å²) in [5.41, 5.74) is 3.05. The van der Waals surface area contributed by atoms with Gasteiger partial charge < -0.3 is 9.72 Å². The van der Waals surface area contributed by atoms with E-state index in [1.807, 2.05) is 12.1 Å². The molecule has 4 nitrogen and oxygen atoms in total. The number of methoxy groups -OCH3 is 1. The van der Waals surface area contributed by atoms with Crippen molar-refractivity contribution in [1.29, 1.82) is 0 Å². The molecule has 0 spiro atoms. The highest BCUT2D eigenvalue weighted by atomic mass is 16.5. The summed E-state index contributed by atoms with van der Waals surface area (Å²) in [6.45, 7) is 0. The second-order valence-corrected chi connectivity index (χ2v) is 4.09. The van der Waals surface area contributed by atoms with Crippen LogP contribution < -0.4 is 0 Å². The summed E-state index contributed by atoms with van der Waals surface area (Å²) in [4.78, 5) is 18.7. The molecule has 0 amide bonds. The summed E-state index contributed by atoms with van der Waals surface area (Å²) in [6, 6.07) is 6.01. The number of nitrogens with one attached hydrogen (secondary N) is 1. The number of rotatable bonds is 2. The summed E-state index contributed by atoms with van der Waals surface area (Å²) in [5, 5.41) is 0. The molecule has 1 aliphatic carbocycles. The summed E-state index contributed by atoms with van der Waals surface area (Å²) < 4.78 is 4.65. The van der Waals surface area contributed by atoms with Crippen LogP contribution >= 0.6 is 0 Å². The van der Waals surface area contributed by atoms with E-state index in [-0.39, 0.29) is 5.82 Å². The van der Waals surface area contributed by atoms with Crippen molar-refractivity contribution in [2.24, 2.45) is 0 Å². The van der Waals surface area contributed by atoms with Crippen LogP contribution in [0, 0.1) is 0 Å². The Morgan fingerprint density at radius 1 is 1.50 bits per heavy atom. The van der Waals surface area contributed by atoms with Gasteiger partial charge in [-0.05, 0) is 30.4 Å². The van der Waals surface area contributed by atoms with Gasteiger partial charge in [-0.1, -0.05) is 12.1 Å². The normalized spacial score (nSPS) is 15.3. The number of carbonyl (C=O) groups is 1. The number of fused-ring (bicyclic) bond motifs is 1. The van der Waals surface area contributed by atoms with E-state index in [2.05, 4.69) is 20.8 Å². The van der Waals surface area contributed by atoms with Gasteiger partial charge in [-0.3, -0.25) is 0 Å². The zero-order chi connectivity index (χ0) is 11.1. The number of para-hydroxylation sites is 1. The minimum absolute atomic E-state index is 0.283. The van der Waals surface area contributed by atoms with Crippen LogP contribution in [0.1, 0.15) is 34.9 Å². The zero-order valence-corrected chi connectivity index (χ0v) is 8.99. The summed E-state index contributed by atoms with van der Waals surface area (Å²) in [7, 11) is 1.36. The van der Waals surface area contributed by atoms with Crippen LogP contribution in [0.4, 0.5) is 0 Å². The third kappa shape index (κ3) is 1.38. The molecule has 1 aromatic carbocycles. The molecule has 0 saturated heterocycles. The van der Waals surface area contributed by atoms with Gasteiger partial charge in [-0.15, -0.1) is 0 Å². The molecule has 82 valence electrons. The molecule has 1 saturated carbocycles. The number of benzene rings is 1. The van der Waals surface area contributed by atoms with Gasteiger partial charge in [0, 0.05) is 0 Å². The van der Waals surface area contributed by atoms with Crippen molar-refractivity contribution in [2.75, 3.05) is 7.11 Å². The third-order valence-electron chi connectivity index (χ3n) is 2.94. The molecule has 16 heavy (non-hydrogen) atoms. The number of H-pyrrole nitrogens is 1. The number of aromatic nitrogens is 2. The first-order valence-corrected chi connectivity index (χ1v) is 5.36. The number of hydrogen-bond acceptors (Lipinski definition) is 3. The first-order valence-electron chi connectivity index (χ1n) is 5.36. The predicted molar refractivity (Wildman–Crippen MR) is 59.4 cm³/mol. The smallest absolute Gasteiger partial charge is 0.374 e. The fraction of sp³-hybridized carbons (Fsp3) is 0.333. The maximum absolute atomic E-state index is 11.4. The van der Waals surface area contributed by atoms with Gasteiger partial charge >= 0.3 is 5.97 Å². The molecule has 1 heterocycles. The molecule has 0 aliphatic heterocycles. The third-order valence-corrected chi connectivity index (χ3v) is 2.94. The molecule has 2 aromatic rings. The van der Waals surface area contributed by atoms with Gasteiger partial charge in [0.05, 0.1) is 18.1 Å². The number of aromatic amines is 1. The monoisotopic (exact) mass is 216 g/mol. The number of carbonyl (C=O) groups excluding carboxylic acids is 1. The van der Waals surface area contributed by atoms with Crippen molar-refractivity contribution in [3.05, 3.63) is 29.6 Å². The lowest BCUT2D eigenvalue weighted by molar-refractivity contribution is 0.0588. The Balaban J connectivity index is 2.16. The molecule has 3 rings (SSSR count). The predicted octanol–water partition coefficient (Wildman–Crippen LogP) is 2.23. The molecule has 1 fully saturated rings. The van der Waals surface area contributed by atoms with Crippen molar-refractivity contribution >= 4 is 17.0 Å². The molecule has 0 bridgehead atoms. The lowest BCUT2D eigenvalue weighted by atomic mass is 10.1. The first-order chi connectivity index (χ1) is 7.79. The van der Waals surface area contributed by atoms with Crippen molar-refractivity contribution in [1.82, 2.24) is 9.97 Å². The Bertz CT molecular complexity index is 555. The van der Waals surface area contributed by atoms with Crippen molar-refractivity contribution in [3.8, 4) is 0 Å². The van der Waals surface area contributed by atoms with Gasteiger partial charge in [0.1, 0.15) is 0 Å². The fourth-order valence-electron chi connectivity index (χ4n) is 1.97. The van der Waals surface area contributed by atoms with Gasteiger partial charge in [0.15, 0.2) is 0 Å². The van der Waals surface area contributed by atoms with Crippen LogP contribution in [0.15, 0.2) is 18.2 Å². The fourth-order valence-corrected chi connectivity index (χ4v) is 1.97.